The van der Waals surface area contributed by atoms with Crippen LogP contribution in [0.1, 0.15) is 57.8 Å². The van der Waals surface area contributed by atoms with Gasteiger partial charge >= 0.3 is 17.6 Å². The predicted molar refractivity (Wildman–Crippen MR) is 194 cm³/mol. The van der Waals surface area contributed by atoms with Crippen molar-refractivity contribution in [1.82, 2.24) is 0 Å². The summed E-state index contributed by atoms with van der Waals surface area (Å²) in [5.74, 6) is 0.610. The van der Waals surface area contributed by atoms with E-state index in [2.05, 4.69) is 10.6 Å². The molecule has 2 fully saturated rings. The average Bonchev–Trinajstić information content (AvgIpc) is 3.13. The van der Waals surface area contributed by atoms with Crippen LogP contribution in [-0.2, 0) is 36.4 Å². The summed E-state index contributed by atoms with van der Waals surface area (Å²) in [5, 5.41) is 38.9. The Hall–Kier alpha value is -2.26. The van der Waals surface area contributed by atoms with Crippen LogP contribution in [0, 0.1) is 11.8 Å². The van der Waals surface area contributed by atoms with Crippen LogP contribution in [0.4, 0.5) is 11.4 Å². The molecule has 0 aromatic heterocycles. The molecule has 2 aromatic carbocycles. The summed E-state index contributed by atoms with van der Waals surface area (Å²) in [5.41, 5.74) is 0.589. The Labute approximate surface area is 299 Å². The molecule has 0 spiro atoms. The van der Waals surface area contributed by atoms with Gasteiger partial charge in [0, 0.05) is 60.8 Å². The van der Waals surface area contributed by atoms with E-state index in [4.69, 9.17) is 26.6 Å². The van der Waals surface area contributed by atoms with Gasteiger partial charge in [0.1, 0.15) is 11.5 Å². The number of nitrogens with one attached hydrogen (secondary N) is 2. The lowest BCUT2D eigenvalue weighted by molar-refractivity contribution is 0.0814. The molecule has 0 heterocycles. The number of hydrogen-bond acceptors (Lipinski definition) is 13. The van der Waals surface area contributed by atoms with Gasteiger partial charge in [0.15, 0.2) is 0 Å². The van der Waals surface area contributed by atoms with Gasteiger partial charge in [-0.3, -0.25) is 0 Å². The van der Waals surface area contributed by atoms with Gasteiger partial charge in [-0.1, -0.05) is 0 Å². The molecule has 3 atom stereocenters. The fourth-order valence-electron chi connectivity index (χ4n) is 7.28. The van der Waals surface area contributed by atoms with E-state index in [1.165, 1.54) is 36.4 Å². The highest BCUT2D eigenvalue weighted by Crippen LogP contribution is 2.38. The lowest BCUT2D eigenvalue weighted by Crippen LogP contribution is -2.44. The molecule has 0 amide bonds. The topological polar surface area (TPSA) is 174 Å². The highest BCUT2D eigenvalue weighted by molar-refractivity contribution is 7.91. The van der Waals surface area contributed by atoms with Gasteiger partial charge in [-0.2, -0.15) is 0 Å². The van der Waals surface area contributed by atoms with Crippen LogP contribution < -0.4 is 10.6 Å². The first kappa shape index (κ1) is 40.5. The maximum atomic E-state index is 13.8. The third kappa shape index (κ3) is 9.78. The van der Waals surface area contributed by atoms with E-state index in [9.17, 15) is 23.7 Å². The van der Waals surface area contributed by atoms with E-state index in [-0.39, 0.29) is 45.0 Å². The molecule has 3 unspecified atom stereocenters. The lowest BCUT2D eigenvalue weighted by Gasteiger charge is -2.35. The van der Waals surface area contributed by atoms with Gasteiger partial charge in [-0.05, 0) is 106 Å². The van der Waals surface area contributed by atoms with Crippen LogP contribution in [0.5, 0.6) is 11.5 Å². The van der Waals surface area contributed by atoms with Crippen molar-refractivity contribution in [2.45, 2.75) is 97.9 Å². The van der Waals surface area contributed by atoms with Crippen LogP contribution >= 0.6 is 0 Å². The van der Waals surface area contributed by atoms with E-state index in [1.54, 1.807) is 42.7 Å². The number of sulfone groups is 1. The highest BCUT2D eigenvalue weighted by atomic mass is 32.2. The van der Waals surface area contributed by atoms with Gasteiger partial charge in [-0.15, -0.1) is 0 Å². The Morgan fingerprint density at radius 3 is 1.56 bits per heavy atom. The zero-order valence-corrected chi connectivity index (χ0v) is 33.0. The number of phenols is 2. The number of hydrogen-bond donors (Lipinski definition) is 5. The molecule has 5 N–H and O–H groups in total. The molecular weight excluding hydrogens is 701 g/mol. The van der Waals surface area contributed by atoms with Crippen molar-refractivity contribution in [3.63, 3.8) is 0 Å². The minimum atomic E-state index is -4.02. The molecule has 0 bridgehead atoms. The van der Waals surface area contributed by atoms with E-state index in [0.29, 0.717) is 30.5 Å². The second-order valence-corrected chi connectivity index (χ2v) is 21.5. The summed E-state index contributed by atoms with van der Waals surface area (Å²) in [7, 11) is 0.284. The van der Waals surface area contributed by atoms with Crippen LogP contribution in [-0.4, -0.2) is 102 Å². The molecule has 4 rings (SSSR count). The Bertz CT molecular complexity index is 1470. The summed E-state index contributed by atoms with van der Waals surface area (Å²) < 4.78 is 60.9. The van der Waals surface area contributed by atoms with Gasteiger partial charge < -0.3 is 52.5 Å². The van der Waals surface area contributed by atoms with E-state index < -0.39 is 33.6 Å². The molecule has 50 heavy (non-hydrogen) atoms. The molecule has 0 saturated heterocycles. The second kappa shape index (κ2) is 18.0. The van der Waals surface area contributed by atoms with Gasteiger partial charge in [0.25, 0.3) is 0 Å². The van der Waals surface area contributed by atoms with Crippen molar-refractivity contribution in [1.29, 1.82) is 0 Å². The number of benzene rings is 2. The number of rotatable bonds is 18. The van der Waals surface area contributed by atoms with Crippen molar-refractivity contribution in [2.24, 2.45) is 11.8 Å². The molecular formula is C34H56N2O11SSi2. The van der Waals surface area contributed by atoms with Crippen molar-refractivity contribution in [3.05, 3.63) is 36.4 Å². The Kier molecular flexibility index (Phi) is 14.6. The third-order valence-electron chi connectivity index (χ3n) is 10.6. The molecule has 0 radical (unpaired) electrons. The molecule has 2 aromatic rings. The first-order valence-corrected chi connectivity index (χ1v) is 22.6. The van der Waals surface area contributed by atoms with E-state index in [0.717, 1.165) is 51.0 Å². The lowest BCUT2D eigenvalue weighted by atomic mass is 9.82. The first-order valence-electron chi connectivity index (χ1n) is 17.3. The summed E-state index contributed by atoms with van der Waals surface area (Å²) in [6.45, 7) is 0. The molecule has 16 heteroatoms. The Balaban J connectivity index is 1.38. The van der Waals surface area contributed by atoms with Gasteiger partial charge in [0.2, 0.25) is 9.84 Å². The highest BCUT2D eigenvalue weighted by Gasteiger charge is 2.40. The van der Waals surface area contributed by atoms with Crippen LogP contribution in [0.2, 0.25) is 12.1 Å². The number of phenolic OH excluding ortho intramolecular Hbond substituents is 2. The zero-order chi connectivity index (χ0) is 36.5. The Morgan fingerprint density at radius 2 is 1.10 bits per heavy atom. The van der Waals surface area contributed by atoms with Crippen molar-refractivity contribution in [2.75, 3.05) is 53.3 Å². The van der Waals surface area contributed by atoms with Crippen molar-refractivity contribution >= 4 is 38.8 Å². The number of aromatic hydroxyl groups is 2. The van der Waals surface area contributed by atoms with E-state index >= 15 is 0 Å². The normalized spacial score (nSPS) is 23.5. The maximum Gasteiger partial charge on any atom is 0.500 e. The fraction of sp³-hybridized carbons (Fsp3) is 0.647. The molecule has 0 aliphatic heterocycles. The Morgan fingerprint density at radius 1 is 0.660 bits per heavy atom. The van der Waals surface area contributed by atoms with E-state index in [1.807, 2.05) is 0 Å². The summed E-state index contributed by atoms with van der Waals surface area (Å²) in [6.07, 6.45) is 6.75. The monoisotopic (exact) mass is 756 g/mol. The average molecular weight is 757 g/mol. The van der Waals surface area contributed by atoms with Crippen LogP contribution in [0.15, 0.2) is 46.2 Å². The number of aliphatic hydroxyl groups excluding tert-OH is 1. The molecule has 2 aliphatic carbocycles. The second-order valence-electron chi connectivity index (χ2n) is 13.4. The molecule has 2 saturated carbocycles. The quantitative estimate of drug-likeness (QED) is 0.0970. The SMILES string of the molecule is CO[Si](CCC1CCC(Nc2cc(S(=O)(=O)c3ccc(O)c(NC4CCC(CC[Si](OC)(OC)OC)CC4O)c3)ccc2O)CC1)(OC)OC. The molecule has 13 nitrogen and oxygen atoms in total. The van der Waals surface area contributed by atoms with Crippen LogP contribution in [0.3, 0.4) is 0 Å². The predicted octanol–water partition coefficient (Wildman–Crippen LogP) is 5.38. The third-order valence-corrected chi connectivity index (χ3v) is 17.9. The zero-order valence-electron chi connectivity index (χ0n) is 30.1. The maximum absolute atomic E-state index is 13.8. The van der Waals surface area contributed by atoms with Gasteiger partial charge in [0.05, 0.1) is 33.3 Å². The number of aliphatic hydroxyl groups is 1. The van der Waals surface area contributed by atoms with Gasteiger partial charge in [-0.25, -0.2) is 8.42 Å². The minimum absolute atomic E-state index is 0.0130. The smallest absolute Gasteiger partial charge is 0.500 e. The number of anilines is 2. The van der Waals surface area contributed by atoms with Crippen molar-refractivity contribution < 1.29 is 50.3 Å². The van der Waals surface area contributed by atoms with Crippen molar-refractivity contribution in [3.8, 4) is 11.5 Å². The standard InChI is InChI=1S/C34H56N2O11SSi2/c1-42-49(43-2,44-3)19-17-24-7-10-26(11-8-24)35-30-22-27(12-15-32(30)37)48(40,41)28-13-16-33(38)31(23-28)36-29-14-9-25(21-34(29)39)18-20-50(45-4,46-5)47-6/h12-13,15-16,22-26,29,34-39H,7-11,14,17-21H2,1-6H3. The molecule has 2 aliphatic rings. The van der Waals surface area contributed by atoms with Crippen LogP contribution in [0.25, 0.3) is 0 Å². The summed E-state index contributed by atoms with van der Waals surface area (Å²) >= 11 is 0. The summed E-state index contributed by atoms with van der Waals surface area (Å²) in [6, 6.07) is 9.43. The summed E-state index contributed by atoms with van der Waals surface area (Å²) in [4.78, 5) is 0.00684. The minimum Gasteiger partial charge on any atom is -0.506 e. The first-order chi connectivity index (χ1) is 23.9. The fourth-order valence-corrected chi connectivity index (χ4v) is 12.3. The largest absolute Gasteiger partial charge is 0.506 e. The molecule has 282 valence electrons.